The monoisotopic (exact) mass is 220 g/mol. The van der Waals surface area contributed by atoms with Gasteiger partial charge in [0.2, 0.25) is 0 Å². The van der Waals surface area contributed by atoms with Crippen LogP contribution in [0.15, 0.2) is 12.3 Å². The van der Waals surface area contributed by atoms with Gasteiger partial charge in [0.05, 0.1) is 5.56 Å². The molecule has 0 N–H and O–H groups in total. The van der Waals surface area contributed by atoms with Gasteiger partial charge in [0.25, 0.3) is 5.91 Å². The summed E-state index contributed by atoms with van der Waals surface area (Å²) in [5, 5.41) is 0. The Bertz CT molecular complexity index is 381. The molecule has 2 heterocycles. The number of carbonyl (C=O) groups is 1. The topological polar surface area (TPSA) is 25.2 Å². The maximum Gasteiger partial charge on any atom is 0.255 e. The molecule has 16 heavy (non-hydrogen) atoms. The molecule has 1 amide bonds. The fourth-order valence-corrected chi connectivity index (χ4v) is 2.34. The molecule has 2 rings (SSSR count). The number of fused-ring (bicyclic) bond motifs is 1. The SMILES string of the molecule is CCCCN1CCCc2c(ccn2C)C1=O. The van der Waals surface area contributed by atoms with Crippen LogP contribution in [0.1, 0.15) is 42.2 Å². The molecule has 0 radical (unpaired) electrons. The van der Waals surface area contributed by atoms with Crippen molar-refractivity contribution in [1.82, 2.24) is 9.47 Å². The third kappa shape index (κ3) is 1.99. The van der Waals surface area contributed by atoms with Gasteiger partial charge < -0.3 is 9.47 Å². The molecule has 0 atom stereocenters. The summed E-state index contributed by atoms with van der Waals surface area (Å²) in [5.74, 6) is 0.224. The summed E-state index contributed by atoms with van der Waals surface area (Å²) in [6.07, 6.45) is 6.35. The summed E-state index contributed by atoms with van der Waals surface area (Å²) < 4.78 is 2.08. The van der Waals surface area contributed by atoms with E-state index in [1.165, 1.54) is 5.69 Å². The van der Waals surface area contributed by atoms with Gasteiger partial charge in [0.15, 0.2) is 0 Å². The van der Waals surface area contributed by atoms with Crippen molar-refractivity contribution in [2.45, 2.75) is 32.6 Å². The largest absolute Gasteiger partial charge is 0.354 e. The Balaban J connectivity index is 2.20. The van der Waals surface area contributed by atoms with Crippen LogP contribution >= 0.6 is 0 Å². The fraction of sp³-hybridized carbons (Fsp3) is 0.615. The van der Waals surface area contributed by atoms with E-state index in [0.717, 1.165) is 44.3 Å². The van der Waals surface area contributed by atoms with Crippen LogP contribution in [0.3, 0.4) is 0 Å². The second-order valence-corrected chi connectivity index (χ2v) is 4.54. The first kappa shape index (κ1) is 11.2. The molecule has 0 saturated heterocycles. The lowest BCUT2D eigenvalue weighted by molar-refractivity contribution is 0.0759. The van der Waals surface area contributed by atoms with Crippen LogP contribution in [0.5, 0.6) is 0 Å². The highest BCUT2D eigenvalue weighted by atomic mass is 16.2. The predicted octanol–water partition coefficient (Wildman–Crippen LogP) is 2.21. The number of hydrogen-bond donors (Lipinski definition) is 0. The van der Waals surface area contributed by atoms with E-state index in [1.54, 1.807) is 0 Å². The summed E-state index contributed by atoms with van der Waals surface area (Å²) in [6, 6.07) is 1.96. The van der Waals surface area contributed by atoms with Crippen LogP contribution in [0, 0.1) is 0 Å². The molecule has 0 aromatic carbocycles. The summed E-state index contributed by atoms with van der Waals surface area (Å²) in [5.41, 5.74) is 2.11. The van der Waals surface area contributed by atoms with Crippen LogP contribution < -0.4 is 0 Å². The molecule has 88 valence electrons. The van der Waals surface area contributed by atoms with Crippen LogP contribution in [-0.2, 0) is 13.5 Å². The summed E-state index contributed by atoms with van der Waals surface area (Å²) >= 11 is 0. The Morgan fingerprint density at radius 2 is 2.25 bits per heavy atom. The van der Waals surface area contributed by atoms with Crippen molar-refractivity contribution in [2.24, 2.45) is 7.05 Å². The number of rotatable bonds is 3. The van der Waals surface area contributed by atoms with Crippen molar-refractivity contribution in [3.05, 3.63) is 23.5 Å². The number of aryl methyl sites for hydroxylation is 1. The standard InChI is InChI=1S/C13H20N2O/c1-3-4-8-15-9-5-6-12-11(13(15)16)7-10-14(12)2/h7,10H,3-6,8-9H2,1-2H3. The number of unbranched alkanes of at least 4 members (excludes halogenated alkanes) is 1. The van der Waals surface area contributed by atoms with E-state index in [0.29, 0.717) is 0 Å². The molecular weight excluding hydrogens is 200 g/mol. The summed E-state index contributed by atoms with van der Waals surface area (Å²) in [6.45, 7) is 3.98. The van der Waals surface area contributed by atoms with E-state index in [2.05, 4.69) is 11.5 Å². The molecule has 1 aromatic heterocycles. The maximum absolute atomic E-state index is 12.3. The first-order valence-electron chi connectivity index (χ1n) is 6.17. The Labute approximate surface area is 97.1 Å². The van der Waals surface area contributed by atoms with Crippen LogP contribution in [-0.4, -0.2) is 28.5 Å². The average Bonchev–Trinajstić information content (AvgIpc) is 2.56. The van der Waals surface area contributed by atoms with Gasteiger partial charge >= 0.3 is 0 Å². The van der Waals surface area contributed by atoms with Crippen LogP contribution in [0.4, 0.5) is 0 Å². The minimum atomic E-state index is 0.224. The smallest absolute Gasteiger partial charge is 0.255 e. The highest BCUT2D eigenvalue weighted by molar-refractivity contribution is 5.95. The van der Waals surface area contributed by atoms with Crippen molar-refractivity contribution in [3.8, 4) is 0 Å². The molecule has 1 aliphatic rings. The van der Waals surface area contributed by atoms with E-state index in [4.69, 9.17) is 0 Å². The molecule has 0 spiro atoms. The van der Waals surface area contributed by atoms with E-state index < -0.39 is 0 Å². The van der Waals surface area contributed by atoms with Gasteiger partial charge in [-0.1, -0.05) is 13.3 Å². The number of carbonyl (C=O) groups excluding carboxylic acids is 1. The van der Waals surface area contributed by atoms with Crippen molar-refractivity contribution < 1.29 is 4.79 Å². The van der Waals surface area contributed by atoms with E-state index in [9.17, 15) is 4.79 Å². The Kier molecular flexibility index (Phi) is 3.32. The molecule has 0 saturated carbocycles. The van der Waals surface area contributed by atoms with Gasteiger partial charge in [-0.15, -0.1) is 0 Å². The molecule has 1 aromatic rings. The van der Waals surface area contributed by atoms with Gasteiger partial charge in [-0.25, -0.2) is 0 Å². The summed E-state index contributed by atoms with van der Waals surface area (Å²) in [4.78, 5) is 14.3. The third-order valence-corrected chi connectivity index (χ3v) is 3.34. The zero-order valence-corrected chi connectivity index (χ0v) is 10.2. The van der Waals surface area contributed by atoms with Crippen molar-refractivity contribution in [1.29, 1.82) is 0 Å². The highest BCUT2D eigenvalue weighted by Crippen LogP contribution is 2.19. The molecular formula is C13H20N2O. The highest BCUT2D eigenvalue weighted by Gasteiger charge is 2.23. The number of hydrogen-bond acceptors (Lipinski definition) is 1. The zero-order chi connectivity index (χ0) is 11.5. The molecule has 0 bridgehead atoms. The molecule has 3 heteroatoms. The maximum atomic E-state index is 12.3. The molecule has 0 fully saturated rings. The lowest BCUT2D eigenvalue weighted by atomic mass is 10.2. The van der Waals surface area contributed by atoms with Gasteiger partial charge in [-0.3, -0.25) is 4.79 Å². The average molecular weight is 220 g/mol. The quantitative estimate of drug-likeness (QED) is 0.766. The number of aromatic nitrogens is 1. The van der Waals surface area contributed by atoms with Crippen molar-refractivity contribution in [2.75, 3.05) is 13.1 Å². The van der Waals surface area contributed by atoms with Crippen LogP contribution in [0.2, 0.25) is 0 Å². The Morgan fingerprint density at radius 1 is 1.44 bits per heavy atom. The Morgan fingerprint density at radius 3 is 3.00 bits per heavy atom. The third-order valence-electron chi connectivity index (χ3n) is 3.34. The second-order valence-electron chi connectivity index (χ2n) is 4.54. The molecule has 1 aliphatic heterocycles. The zero-order valence-electron chi connectivity index (χ0n) is 10.2. The fourth-order valence-electron chi connectivity index (χ4n) is 2.34. The van der Waals surface area contributed by atoms with E-state index >= 15 is 0 Å². The normalized spacial score (nSPS) is 16.1. The van der Waals surface area contributed by atoms with Gasteiger partial charge in [0, 0.05) is 32.0 Å². The first-order chi connectivity index (χ1) is 7.74. The van der Waals surface area contributed by atoms with Gasteiger partial charge in [-0.05, 0) is 25.3 Å². The molecule has 0 aliphatic carbocycles. The summed E-state index contributed by atoms with van der Waals surface area (Å²) in [7, 11) is 2.02. The van der Waals surface area contributed by atoms with Crippen molar-refractivity contribution in [3.63, 3.8) is 0 Å². The second kappa shape index (κ2) is 4.73. The minimum absolute atomic E-state index is 0.224. The van der Waals surface area contributed by atoms with Gasteiger partial charge in [-0.2, -0.15) is 0 Å². The van der Waals surface area contributed by atoms with E-state index in [1.807, 2.05) is 24.2 Å². The number of amides is 1. The molecule has 0 unspecified atom stereocenters. The van der Waals surface area contributed by atoms with E-state index in [-0.39, 0.29) is 5.91 Å². The Hall–Kier alpha value is -1.25. The van der Waals surface area contributed by atoms with Gasteiger partial charge in [0.1, 0.15) is 0 Å². The van der Waals surface area contributed by atoms with Crippen molar-refractivity contribution >= 4 is 5.91 Å². The molecule has 3 nitrogen and oxygen atoms in total. The lowest BCUT2D eigenvalue weighted by Gasteiger charge is -2.19. The first-order valence-corrected chi connectivity index (χ1v) is 6.17. The number of nitrogens with zero attached hydrogens (tertiary/aromatic N) is 2. The van der Waals surface area contributed by atoms with Crippen LogP contribution in [0.25, 0.3) is 0 Å². The minimum Gasteiger partial charge on any atom is -0.354 e. The lowest BCUT2D eigenvalue weighted by Crippen LogP contribution is -2.31. The predicted molar refractivity (Wildman–Crippen MR) is 64.5 cm³/mol.